The van der Waals surface area contributed by atoms with Crippen molar-refractivity contribution in [2.24, 2.45) is 0 Å². The lowest BCUT2D eigenvalue weighted by atomic mass is 10.2. The van der Waals surface area contributed by atoms with Crippen molar-refractivity contribution in [3.63, 3.8) is 0 Å². The number of esters is 1. The predicted octanol–water partition coefficient (Wildman–Crippen LogP) is 3.04. The molecule has 0 atom stereocenters. The van der Waals surface area contributed by atoms with Crippen LogP contribution in [0.4, 0.5) is 4.39 Å². The van der Waals surface area contributed by atoms with E-state index in [2.05, 4.69) is 20.9 Å². The summed E-state index contributed by atoms with van der Waals surface area (Å²) in [4.78, 5) is 28.1. The second kappa shape index (κ2) is 6.92. The maximum atomic E-state index is 13.0. The Morgan fingerprint density at radius 2 is 2.04 bits per heavy atom. The largest absolute Gasteiger partial charge is 0.459 e. The molecule has 0 aliphatic rings. The van der Waals surface area contributed by atoms with Gasteiger partial charge in [0.2, 0.25) is 0 Å². The van der Waals surface area contributed by atoms with Gasteiger partial charge in [0.25, 0.3) is 5.56 Å². The Hall–Kier alpha value is -2.54. The molecule has 1 aromatic heterocycles. The summed E-state index contributed by atoms with van der Waals surface area (Å²) in [5, 5.41) is 0. The van der Waals surface area contributed by atoms with Crippen LogP contribution in [0, 0.1) is 5.82 Å². The normalized spacial score (nSPS) is 10.8. The fraction of sp³-hybridized carbons (Fsp3) is 0.118. The standard InChI is InChI=1S/C17H12BrFN2O3/c18-13-7-12(19)6-5-11(13)10-24-17(23)9-21-15-4-2-1-3-14(15)20-8-16(21)22/h1-8H,9-10H2. The first kappa shape index (κ1) is 16.3. The molecule has 0 saturated carbocycles. The van der Waals surface area contributed by atoms with Crippen LogP contribution in [0.15, 0.2) is 57.9 Å². The third kappa shape index (κ3) is 3.51. The molecule has 0 N–H and O–H groups in total. The average molecular weight is 391 g/mol. The fourth-order valence-electron chi connectivity index (χ4n) is 2.25. The van der Waals surface area contributed by atoms with E-state index in [1.807, 2.05) is 0 Å². The van der Waals surface area contributed by atoms with Gasteiger partial charge < -0.3 is 4.74 Å². The molecular formula is C17H12BrFN2O3. The zero-order chi connectivity index (χ0) is 17.1. The minimum atomic E-state index is -0.565. The third-order valence-electron chi connectivity index (χ3n) is 3.44. The number of benzene rings is 2. The second-order valence-electron chi connectivity index (χ2n) is 5.07. The van der Waals surface area contributed by atoms with Crippen LogP contribution in [0.2, 0.25) is 0 Å². The van der Waals surface area contributed by atoms with E-state index in [-0.39, 0.29) is 24.5 Å². The third-order valence-corrected chi connectivity index (χ3v) is 4.18. The summed E-state index contributed by atoms with van der Waals surface area (Å²) in [6, 6.07) is 11.1. The number of carbonyl (C=O) groups is 1. The molecule has 5 nitrogen and oxygen atoms in total. The van der Waals surface area contributed by atoms with Gasteiger partial charge in [-0.1, -0.05) is 34.1 Å². The second-order valence-corrected chi connectivity index (χ2v) is 5.92. The first-order valence-electron chi connectivity index (χ1n) is 7.09. The zero-order valence-electron chi connectivity index (χ0n) is 12.4. The summed E-state index contributed by atoms with van der Waals surface area (Å²) in [7, 11) is 0. The number of aromatic nitrogens is 2. The molecular weight excluding hydrogens is 379 g/mol. The van der Waals surface area contributed by atoms with Gasteiger partial charge in [0.1, 0.15) is 19.0 Å². The molecule has 0 bridgehead atoms. The number of halogens is 2. The maximum absolute atomic E-state index is 13.0. The summed E-state index contributed by atoms with van der Waals surface area (Å²) in [6.45, 7) is -0.238. The molecule has 2 aromatic carbocycles. The highest BCUT2D eigenvalue weighted by molar-refractivity contribution is 9.10. The molecule has 0 spiro atoms. The topological polar surface area (TPSA) is 61.2 Å². The molecule has 0 aliphatic heterocycles. The van der Waals surface area contributed by atoms with E-state index in [9.17, 15) is 14.0 Å². The summed E-state index contributed by atoms with van der Waals surface area (Å²) < 4.78 is 20.1. The lowest BCUT2D eigenvalue weighted by molar-refractivity contribution is -0.145. The SMILES string of the molecule is O=C(Cn1c(=O)cnc2ccccc21)OCc1ccc(F)cc1Br. The molecule has 7 heteroatoms. The van der Waals surface area contributed by atoms with Crippen molar-refractivity contribution in [3.8, 4) is 0 Å². The molecule has 0 amide bonds. The van der Waals surface area contributed by atoms with Crippen molar-refractivity contribution >= 4 is 32.9 Å². The van der Waals surface area contributed by atoms with Gasteiger partial charge in [-0.15, -0.1) is 0 Å². The molecule has 3 rings (SSSR count). The lowest BCUT2D eigenvalue weighted by Gasteiger charge is -2.10. The van der Waals surface area contributed by atoms with Crippen LogP contribution in [-0.4, -0.2) is 15.5 Å². The Kier molecular flexibility index (Phi) is 4.71. The number of nitrogens with zero attached hydrogens (tertiary/aromatic N) is 2. The molecule has 122 valence electrons. The van der Waals surface area contributed by atoms with Crippen LogP contribution in [-0.2, 0) is 22.7 Å². The molecule has 24 heavy (non-hydrogen) atoms. The first-order valence-corrected chi connectivity index (χ1v) is 7.88. The summed E-state index contributed by atoms with van der Waals surface area (Å²) in [5.74, 6) is -0.948. The lowest BCUT2D eigenvalue weighted by Crippen LogP contribution is -2.25. The van der Waals surface area contributed by atoms with Gasteiger partial charge in [-0.05, 0) is 24.3 Å². The maximum Gasteiger partial charge on any atom is 0.326 e. The quantitative estimate of drug-likeness (QED) is 0.642. The molecule has 1 heterocycles. The van der Waals surface area contributed by atoms with Crippen molar-refractivity contribution in [2.45, 2.75) is 13.2 Å². The molecule has 0 radical (unpaired) electrons. The van der Waals surface area contributed by atoms with Crippen molar-refractivity contribution in [1.29, 1.82) is 0 Å². The number of rotatable bonds is 4. The Morgan fingerprint density at radius 1 is 1.25 bits per heavy atom. The molecule has 3 aromatic rings. The smallest absolute Gasteiger partial charge is 0.326 e. The van der Waals surface area contributed by atoms with Crippen LogP contribution in [0.3, 0.4) is 0 Å². The zero-order valence-corrected chi connectivity index (χ0v) is 14.0. The van der Waals surface area contributed by atoms with Crippen LogP contribution in [0.5, 0.6) is 0 Å². The molecule has 0 fully saturated rings. The van der Waals surface area contributed by atoms with Crippen LogP contribution >= 0.6 is 15.9 Å². The summed E-state index contributed by atoms with van der Waals surface area (Å²) in [6.07, 6.45) is 1.17. The fourth-order valence-corrected chi connectivity index (χ4v) is 2.71. The number of hydrogen-bond donors (Lipinski definition) is 0. The van der Waals surface area contributed by atoms with Crippen molar-refractivity contribution in [3.05, 3.63) is 74.9 Å². The van der Waals surface area contributed by atoms with E-state index < -0.39 is 5.97 Å². The van der Waals surface area contributed by atoms with Crippen molar-refractivity contribution in [1.82, 2.24) is 9.55 Å². The molecule has 0 aliphatic carbocycles. The Balaban J connectivity index is 1.76. The minimum absolute atomic E-state index is 0.0164. The van der Waals surface area contributed by atoms with Gasteiger partial charge >= 0.3 is 5.97 Å². The van der Waals surface area contributed by atoms with Gasteiger partial charge in [0.15, 0.2) is 0 Å². The predicted molar refractivity (Wildman–Crippen MR) is 89.9 cm³/mol. The van der Waals surface area contributed by atoms with Gasteiger partial charge in [0.05, 0.1) is 17.2 Å². The van der Waals surface area contributed by atoms with E-state index in [0.29, 0.717) is 21.1 Å². The number of carbonyl (C=O) groups excluding carboxylic acids is 1. The Bertz CT molecular complexity index is 971. The number of fused-ring (bicyclic) bond motifs is 1. The molecule has 0 unspecified atom stereocenters. The van der Waals surface area contributed by atoms with E-state index in [0.717, 1.165) is 0 Å². The van der Waals surface area contributed by atoms with Crippen molar-refractivity contribution in [2.75, 3.05) is 0 Å². The van der Waals surface area contributed by atoms with Crippen LogP contribution in [0.1, 0.15) is 5.56 Å². The van der Waals surface area contributed by atoms with Gasteiger partial charge in [0, 0.05) is 10.0 Å². The van der Waals surface area contributed by atoms with Crippen LogP contribution < -0.4 is 5.56 Å². The number of hydrogen-bond acceptors (Lipinski definition) is 4. The van der Waals surface area contributed by atoms with E-state index >= 15 is 0 Å². The summed E-state index contributed by atoms with van der Waals surface area (Å²) in [5.41, 5.74) is 1.43. The highest BCUT2D eigenvalue weighted by atomic mass is 79.9. The van der Waals surface area contributed by atoms with Crippen LogP contribution in [0.25, 0.3) is 11.0 Å². The van der Waals surface area contributed by atoms with E-state index in [4.69, 9.17) is 4.74 Å². The highest BCUT2D eigenvalue weighted by Gasteiger charge is 2.11. The minimum Gasteiger partial charge on any atom is -0.459 e. The highest BCUT2D eigenvalue weighted by Crippen LogP contribution is 2.19. The van der Waals surface area contributed by atoms with Gasteiger partial charge in [-0.25, -0.2) is 9.37 Å². The average Bonchev–Trinajstić information content (AvgIpc) is 2.57. The van der Waals surface area contributed by atoms with Crippen molar-refractivity contribution < 1.29 is 13.9 Å². The number of ether oxygens (including phenoxy) is 1. The Morgan fingerprint density at radius 3 is 2.83 bits per heavy atom. The monoisotopic (exact) mass is 390 g/mol. The number of para-hydroxylation sites is 2. The first-order chi connectivity index (χ1) is 11.5. The Labute approximate surface area is 144 Å². The summed E-state index contributed by atoms with van der Waals surface area (Å²) >= 11 is 3.21. The van der Waals surface area contributed by atoms with Gasteiger partial charge in [-0.2, -0.15) is 0 Å². The van der Waals surface area contributed by atoms with Gasteiger partial charge in [-0.3, -0.25) is 14.2 Å². The molecule has 0 saturated heterocycles. The van der Waals surface area contributed by atoms with E-state index in [1.165, 1.54) is 29.0 Å². The van der Waals surface area contributed by atoms with E-state index in [1.54, 1.807) is 24.3 Å².